The summed E-state index contributed by atoms with van der Waals surface area (Å²) in [5.41, 5.74) is 2.77. The average molecular weight is 210 g/mol. The predicted molar refractivity (Wildman–Crippen MR) is 64.5 cm³/mol. The second-order valence-electron chi connectivity index (χ2n) is 3.53. The van der Waals surface area contributed by atoms with Crippen molar-refractivity contribution in [1.29, 1.82) is 0 Å². The van der Waals surface area contributed by atoms with Gasteiger partial charge in [-0.2, -0.15) is 0 Å². The Bertz CT molecular complexity index is 270. The molecule has 0 saturated heterocycles. The summed E-state index contributed by atoms with van der Waals surface area (Å²) in [4.78, 5) is 1.37. The van der Waals surface area contributed by atoms with Crippen LogP contribution in [0.3, 0.4) is 0 Å². The van der Waals surface area contributed by atoms with Crippen molar-refractivity contribution in [2.75, 3.05) is 19.5 Å². The van der Waals surface area contributed by atoms with Gasteiger partial charge in [-0.05, 0) is 38.2 Å². The number of hydrogen-bond donors (Lipinski definition) is 0. The van der Waals surface area contributed by atoms with Gasteiger partial charge in [0, 0.05) is 4.91 Å². The Kier molecular flexibility index (Phi) is 5.05. The van der Waals surface area contributed by atoms with E-state index >= 15 is 0 Å². The van der Waals surface area contributed by atoms with Crippen molar-refractivity contribution in [3.05, 3.63) is 34.3 Å². The first-order valence-corrected chi connectivity index (χ1v) is 6.13. The lowest BCUT2D eigenvalue weighted by molar-refractivity contribution is 0.155. The van der Waals surface area contributed by atoms with E-state index < -0.39 is 0 Å². The van der Waals surface area contributed by atoms with Crippen molar-refractivity contribution in [2.24, 2.45) is 0 Å². The second kappa shape index (κ2) is 6.10. The zero-order valence-electron chi connectivity index (χ0n) is 9.17. The van der Waals surface area contributed by atoms with Crippen LogP contribution in [0, 0.1) is 0 Å². The molecule has 0 spiro atoms. The molecule has 2 heteroatoms. The largest absolute Gasteiger partial charge is 0.377 e. The molecule has 0 unspecified atom stereocenters. The molecule has 1 aliphatic heterocycles. The monoisotopic (exact) mass is 210 g/mol. The van der Waals surface area contributed by atoms with Crippen LogP contribution in [0.5, 0.6) is 0 Å². The molecule has 0 aromatic heterocycles. The van der Waals surface area contributed by atoms with Gasteiger partial charge in [0.25, 0.3) is 0 Å². The first kappa shape index (κ1) is 11.6. The van der Waals surface area contributed by atoms with Crippen molar-refractivity contribution < 1.29 is 4.74 Å². The lowest BCUT2D eigenvalue weighted by atomic mass is 10.1. The van der Waals surface area contributed by atoms with Gasteiger partial charge in [-0.15, -0.1) is 11.8 Å². The van der Waals surface area contributed by atoms with Crippen LogP contribution in [-0.4, -0.2) is 19.5 Å². The molecule has 0 aliphatic carbocycles. The van der Waals surface area contributed by atoms with Crippen LogP contribution in [0.15, 0.2) is 34.3 Å². The predicted octanol–water partition coefficient (Wildman–Crippen LogP) is 3.55. The first-order valence-electron chi connectivity index (χ1n) is 4.90. The van der Waals surface area contributed by atoms with Gasteiger partial charge >= 0.3 is 0 Å². The highest BCUT2D eigenvalue weighted by atomic mass is 32.2. The Morgan fingerprint density at radius 2 is 2.21 bits per heavy atom. The normalized spacial score (nSPS) is 17.6. The molecule has 1 heterocycles. The third kappa shape index (κ3) is 3.72. The number of allylic oxidation sites excluding steroid dienone is 4. The molecule has 0 aromatic rings. The molecule has 0 bridgehead atoms. The number of rotatable bonds is 3. The Labute approximate surface area is 90.9 Å². The van der Waals surface area contributed by atoms with E-state index in [4.69, 9.17) is 4.74 Å². The highest BCUT2D eigenvalue weighted by Crippen LogP contribution is 2.26. The number of thioether (sulfide) groups is 1. The van der Waals surface area contributed by atoms with Gasteiger partial charge in [0.2, 0.25) is 0 Å². The molecule has 0 fully saturated rings. The molecule has 1 aliphatic rings. The minimum absolute atomic E-state index is 0.766. The fourth-order valence-electron chi connectivity index (χ4n) is 1.30. The fraction of sp³-hybridized carbons (Fsp3) is 0.500. The molecular formula is C12H18OS. The maximum atomic E-state index is 5.29. The van der Waals surface area contributed by atoms with E-state index in [0.29, 0.717) is 0 Å². The molecule has 0 saturated carbocycles. The molecule has 78 valence electrons. The van der Waals surface area contributed by atoms with Crippen molar-refractivity contribution in [3.63, 3.8) is 0 Å². The van der Waals surface area contributed by atoms with E-state index in [-0.39, 0.29) is 0 Å². The summed E-state index contributed by atoms with van der Waals surface area (Å²) >= 11 is 1.81. The Morgan fingerprint density at radius 3 is 2.71 bits per heavy atom. The van der Waals surface area contributed by atoms with Crippen LogP contribution in [0.1, 0.15) is 20.3 Å². The lowest BCUT2D eigenvalue weighted by Crippen LogP contribution is -2.04. The van der Waals surface area contributed by atoms with Gasteiger partial charge in [-0.25, -0.2) is 0 Å². The maximum Gasteiger partial charge on any atom is 0.0653 e. The van der Waals surface area contributed by atoms with Crippen LogP contribution >= 0.6 is 11.8 Å². The van der Waals surface area contributed by atoms with Gasteiger partial charge in [-0.3, -0.25) is 0 Å². The summed E-state index contributed by atoms with van der Waals surface area (Å²) in [7, 11) is 0. The van der Waals surface area contributed by atoms with Crippen molar-refractivity contribution in [1.82, 2.24) is 0 Å². The molecule has 0 N–H and O–H groups in total. The molecule has 14 heavy (non-hydrogen) atoms. The Morgan fingerprint density at radius 1 is 1.43 bits per heavy atom. The molecule has 0 atom stereocenters. The molecule has 1 nitrogen and oxygen atoms in total. The summed E-state index contributed by atoms with van der Waals surface area (Å²) in [6, 6.07) is 0. The van der Waals surface area contributed by atoms with E-state index in [1.165, 1.54) is 16.1 Å². The van der Waals surface area contributed by atoms with Crippen molar-refractivity contribution >= 4 is 11.8 Å². The lowest BCUT2D eigenvalue weighted by Gasteiger charge is -2.14. The Balaban J connectivity index is 2.74. The minimum atomic E-state index is 0.766. The third-order valence-electron chi connectivity index (χ3n) is 2.07. The van der Waals surface area contributed by atoms with Crippen LogP contribution in [0.25, 0.3) is 0 Å². The van der Waals surface area contributed by atoms with Crippen LogP contribution in [0.2, 0.25) is 0 Å². The van der Waals surface area contributed by atoms with E-state index in [2.05, 4.69) is 38.3 Å². The SMILES string of the molecule is CS/C(=C\C=C(C)C)C1=CCOCC1. The smallest absolute Gasteiger partial charge is 0.0653 e. The summed E-state index contributed by atoms with van der Waals surface area (Å²) in [6.45, 7) is 5.86. The van der Waals surface area contributed by atoms with E-state index in [9.17, 15) is 0 Å². The van der Waals surface area contributed by atoms with Gasteiger partial charge in [0.1, 0.15) is 0 Å². The fourth-order valence-corrected chi connectivity index (χ4v) is 1.95. The van der Waals surface area contributed by atoms with Crippen LogP contribution in [-0.2, 0) is 4.74 Å². The van der Waals surface area contributed by atoms with E-state index in [1.54, 1.807) is 0 Å². The first-order chi connectivity index (χ1) is 6.74. The number of ether oxygens (including phenoxy) is 1. The Hall–Kier alpha value is -0.470. The van der Waals surface area contributed by atoms with Gasteiger partial charge in [-0.1, -0.05) is 17.7 Å². The quantitative estimate of drug-likeness (QED) is 0.659. The van der Waals surface area contributed by atoms with Gasteiger partial charge in [0.05, 0.1) is 13.2 Å². The molecule has 0 aromatic carbocycles. The third-order valence-corrected chi connectivity index (χ3v) is 2.91. The summed E-state index contributed by atoms with van der Waals surface area (Å²) in [5, 5.41) is 0. The minimum Gasteiger partial charge on any atom is -0.377 e. The molecule has 0 amide bonds. The van der Waals surface area contributed by atoms with Gasteiger partial charge < -0.3 is 4.74 Å². The van der Waals surface area contributed by atoms with E-state index in [0.717, 1.165) is 19.6 Å². The molecule has 0 radical (unpaired) electrons. The van der Waals surface area contributed by atoms with Crippen LogP contribution < -0.4 is 0 Å². The second-order valence-corrected chi connectivity index (χ2v) is 4.38. The van der Waals surface area contributed by atoms with Gasteiger partial charge in [0.15, 0.2) is 0 Å². The maximum absolute atomic E-state index is 5.29. The molecule has 1 rings (SSSR count). The standard InChI is InChI=1S/C12H18OS/c1-10(2)4-5-12(14-3)11-6-8-13-9-7-11/h4-6H,7-9H2,1-3H3/b12-5-. The molecular weight excluding hydrogens is 192 g/mol. The highest BCUT2D eigenvalue weighted by Gasteiger charge is 2.07. The van der Waals surface area contributed by atoms with Crippen molar-refractivity contribution in [3.8, 4) is 0 Å². The summed E-state index contributed by atoms with van der Waals surface area (Å²) < 4.78 is 5.29. The number of hydrogen-bond acceptors (Lipinski definition) is 2. The van der Waals surface area contributed by atoms with E-state index in [1.807, 2.05) is 11.8 Å². The zero-order valence-corrected chi connectivity index (χ0v) is 9.99. The topological polar surface area (TPSA) is 9.23 Å². The summed E-state index contributed by atoms with van der Waals surface area (Å²) in [5.74, 6) is 0. The van der Waals surface area contributed by atoms with Crippen LogP contribution in [0.4, 0.5) is 0 Å². The average Bonchev–Trinajstić information content (AvgIpc) is 2.20. The van der Waals surface area contributed by atoms with Crippen molar-refractivity contribution in [2.45, 2.75) is 20.3 Å². The summed E-state index contributed by atoms with van der Waals surface area (Å²) in [6.07, 6.45) is 9.73. The highest BCUT2D eigenvalue weighted by molar-refractivity contribution is 8.02. The zero-order chi connectivity index (χ0) is 10.4.